The summed E-state index contributed by atoms with van der Waals surface area (Å²) in [4.78, 5) is 2.84. The zero-order valence-electron chi connectivity index (χ0n) is 11.8. The molecule has 0 fully saturated rings. The van der Waals surface area contributed by atoms with Crippen molar-refractivity contribution in [3.63, 3.8) is 0 Å². The van der Waals surface area contributed by atoms with E-state index in [4.69, 9.17) is 18.0 Å². The lowest BCUT2D eigenvalue weighted by molar-refractivity contribution is 0.319. The van der Waals surface area contributed by atoms with Gasteiger partial charge in [0.05, 0.1) is 4.99 Å². The van der Waals surface area contributed by atoms with Crippen LogP contribution in [0.2, 0.25) is 0 Å². The van der Waals surface area contributed by atoms with E-state index in [1.165, 1.54) is 16.7 Å². The minimum absolute atomic E-state index is 0.541. The zero-order chi connectivity index (χ0) is 14.4. The van der Waals surface area contributed by atoms with Gasteiger partial charge in [0.2, 0.25) is 0 Å². The second kappa shape index (κ2) is 7.17. The maximum Gasteiger partial charge on any atom is 0.0771 e. The van der Waals surface area contributed by atoms with Crippen LogP contribution in [0, 0.1) is 0 Å². The third-order valence-corrected chi connectivity index (χ3v) is 3.26. The third kappa shape index (κ3) is 4.76. The summed E-state index contributed by atoms with van der Waals surface area (Å²) in [6.07, 6.45) is 0.672. The fourth-order valence-electron chi connectivity index (χ4n) is 2.30. The van der Waals surface area contributed by atoms with Crippen molar-refractivity contribution in [2.24, 2.45) is 5.73 Å². The van der Waals surface area contributed by atoms with E-state index in [0.29, 0.717) is 11.4 Å². The van der Waals surface area contributed by atoms with Crippen molar-refractivity contribution in [1.82, 2.24) is 4.90 Å². The zero-order valence-corrected chi connectivity index (χ0v) is 12.6. The Labute approximate surface area is 126 Å². The minimum atomic E-state index is 0.541. The predicted octanol–water partition coefficient (Wildman–Crippen LogP) is 3.15. The summed E-state index contributed by atoms with van der Waals surface area (Å²) in [6.45, 7) is 1.86. The van der Waals surface area contributed by atoms with Crippen molar-refractivity contribution in [3.8, 4) is 0 Å². The molecule has 20 heavy (non-hydrogen) atoms. The van der Waals surface area contributed by atoms with Crippen molar-refractivity contribution in [2.45, 2.75) is 19.5 Å². The molecular weight excluding hydrogens is 264 g/mol. The Kier molecular flexibility index (Phi) is 5.27. The van der Waals surface area contributed by atoms with E-state index in [9.17, 15) is 0 Å². The topological polar surface area (TPSA) is 29.3 Å². The molecule has 2 aromatic rings. The van der Waals surface area contributed by atoms with Gasteiger partial charge in [0.1, 0.15) is 0 Å². The first-order chi connectivity index (χ1) is 9.63. The fourth-order valence-corrected chi connectivity index (χ4v) is 2.47. The van der Waals surface area contributed by atoms with Crippen LogP contribution in [0.15, 0.2) is 54.6 Å². The van der Waals surface area contributed by atoms with Gasteiger partial charge in [-0.15, -0.1) is 0 Å². The Morgan fingerprint density at radius 3 is 2.25 bits per heavy atom. The van der Waals surface area contributed by atoms with Gasteiger partial charge in [-0.25, -0.2) is 0 Å². The van der Waals surface area contributed by atoms with Crippen LogP contribution in [0.4, 0.5) is 0 Å². The molecule has 2 N–H and O–H groups in total. The number of hydrogen-bond donors (Lipinski definition) is 1. The molecule has 3 heteroatoms. The second-order valence-electron chi connectivity index (χ2n) is 5.12. The highest BCUT2D eigenvalue weighted by Crippen LogP contribution is 2.11. The lowest BCUT2D eigenvalue weighted by Gasteiger charge is -2.17. The molecule has 104 valence electrons. The van der Waals surface area contributed by atoms with Gasteiger partial charge < -0.3 is 5.73 Å². The Hall–Kier alpha value is -1.71. The normalized spacial score (nSPS) is 10.7. The highest BCUT2D eigenvalue weighted by atomic mass is 32.1. The molecule has 0 radical (unpaired) electrons. The molecule has 0 aliphatic rings. The molecule has 0 saturated carbocycles. The van der Waals surface area contributed by atoms with Crippen LogP contribution in [0.3, 0.4) is 0 Å². The smallest absolute Gasteiger partial charge is 0.0771 e. The molecule has 2 rings (SSSR count). The largest absolute Gasteiger partial charge is 0.393 e. The standard InChI is InChI=1S/C17H20N2S/c1-19(12-14-6-3-2-4-7-14)13-16-9-5-8-15(10-16)11-17(18)20/h2-10H,11-13H2,1H3,(H2,18,20). The van der Waals surface area contributed by atoms with Gasteiger partial charge in [0.15, 0.2) is 0 Å². The lowest BCUT2D eigenvalue weighted by Crippen LogP contribution is -2.17. The summed E-state index contributed by atoms with van der Waals surface area (Å²) in [7, 11) is 2.13. The molecule has 0 spiro atoms. The molecule has 0 saturated heterocycles. The van der Waals surface area contributed by atoms with Crippen LogP contribution in [0.1, 0.15) is 16.7 Å². The van der Waals surface area contributed by atoms with E-state index >= 15 is 0 Å². The highest BCUT2D eigenvalue weighted by Gasteiger charge is 2.03. The summed E-state index contributed by atoms with van der Waals surface area (Å²) in [5.74, 6) is 0. The van der Waals surface area contributed by atoms with E-state index in [-0.39, 0.29) is 0 Å². The Balaban J connectivity index is 1.97. The third-order valence-electron chi connectivity index (χ3n) is 3.12. The molecule has 2 aromatic carbocycles. The average Bonchev–Trinajstić information content (AvgIpc) is 2.39. The van der Waals surface area contributed by atoms with E-state index in [1.54, 1.807) is 0 Å². The van der Waals surface area contributed by atoms with Gasteiger partial charge in [-0.1, -0.05) is 66.8 Å². The molecule has 0 atom stereocenters. The number of benzene rings is 2. The number of hydrogen-bond acceptors (Lipinski definition) is 2. The van der Waals surface area contributed by atoms with Crippen LogP contribution < -0.4 is 5.73 Å². The Bertz CT molecular complexity index is 566. The molecule has 0 heterocycles. The van der Waals surface area contributed by atoms with Crippen molar-refractivity contribution in [1.29, 1.82) is 0 Å². The minimum Gasteiger partial charge on any atom is -0.393 e. The fraction of sp³-hybridized carbons (Fsp3) is 0.235. The summed E-state index contributed by atoms with van der Waals surface area (Å²) in [5, 5.41) is 0. The average molecular weight is 284 g/mol. The number of thiocarbonyl (C=S) groups is 1. The summed E-state index contributed by atoms with van der Waals surface area (Å²) < 4.78 is 0. The van der Waals surface area contributed by atoms with Crippen molar-refractivity contribution in [3.05, 3.63) is 71.3 Å². The maximum atomic E-state index is 5.60. The van der Waals surface area contributed by atoms with Crippen molar-refractivity contribution in [2.75, 3.05) is 7.05 Å². The van der Waals surface area contributed by atoms with Gasteiger partial charge >= 0.3 is 0 Å². The molecule has 0 amide bonds. The Morgan fingerprint density at radius 2 is 1.55 bits per heavy atom. The molecule has 0 aliphatic heterocycles. The highest BCUT2D eigenvalue weighted by molar-refractivity contribution is 7.80. The van der Waals surface area contributed by atoms with Crippen molar-refractivity contribution < 1.29 is 0 Å². The molecule has 0 bridgehead atoms. The van der Waals surface area contributed by atoms with Crippen LogP contribution >= 0.6 is 12.2 Å². The molecular formula is C17H20N2S. The van der Waals surface area contributed by atoms with Gasteiger partial charge in [-0.2, -0.15) is 0 Å². The SMILES string of the molecule is CN(Cc1ccccc1)Cc1cccc(CC(N)=S)c1. The lowest BCUT2D eigenvalue weighted by atomic mass is 10.1. The van der Waals surface area contributed by atoms with Gasteiger partial charge in [-0.05, 0) is 23.7 Å². The van der Waals surface area contributed by atoms with E-state index in [2.05, 4.69) is 60.5 Å². The first-order valence-corrected chi connectivity index (χ1v) is 7.13. The van der Waals surface area contributed by atoms with Gasteiger partial charge in [0.25, 0.3) is 0 Å². The number of nitrogens with zero attached hydrogens (tertiary/aromatic N) is 1. The van der Waals surface area contributed by atoms with Crippen molar-refractivity contribution >= 4 is 17.2 Å². The van der Waals surface area contributed by atoms with Gasteiger partial charge in [-0.3, -0.25) is 4.90 Å². The van der Waals surface area contributed by atoms with E-state index < -0.39 is 0 Å². The molecule has 0 aromatic heterocycles. The van der Waals surface area contributed by atoms with E-state index in [1.807, 2.05) is 6.07 Å². The molecule has 0 unspecified atom stereocenters. The predicted molar refractivity (Wildman–Crippen MR) is 88.5 cm³/mol. The number of nitrogens with two attached hydrogens (primary N) is 1. The summed E-state index contributed by atoms with van der Waals surface area (Å²) in [6, 6.07) is 19.0. The quantitative estimate of drug-likeness (QED) is 0.826. The summed E-state index contributed by atoms with van der Waals surface area (Å²) >= 11 is 4.96. The van der Waals surface area contributed by atoms with Crippen LogP contribution in [-0.2, 0) is 19.5 Å². The molecule has 2 nitrogen and oxygen atoms in total. The maximum absolute atomic E-state index is 5.60. The Morgan fingerprint density at radius 1 is 0.950 bits per heavy atom. The van der Waals surface area contributed by atoms with Crippen LogP contribution in [0.25, 0.3) is 0 Å². The first kappa shape index (κ1) is 14.7. The van der Waals surface area contributed by atoms with Crippen LogP contribution in [0.5, 0.6) is 0 Å². The van der Waals surface area contributed by atoms with E-state index in [0.717, 1.165) is 13.1 Å². The monoisotopic (exact) mass is 284 g/mol. The molecule has 0 aliphatic carbocycles. The summed E-state index contributed by atoms with van der Waals surface area (Å²) in [5.41, 5.74) is 9.40. The number of rotatable bonds is 6. The second-order valence-corrected chi connectivity index (χ2v) is 5.65. The first-order valence-electron chi connectivity index (χ1n) is 6.72. The van der Waals surface area contributed by atoms with Gasteiger partial charge in [0, 0.05) is 19.5 Å². The van der Waals surface area contributed by atoms with Crippen LogP contribution in [-0.4, -0.2) is 16.9 Å².